The Kier molecular flexibility index (Phi) is 3.93. The third-order valence-corrected chi connectivity index (χ3v) is 6.81. The highest BCUT2D eigenvalue weighted by Gasteiger charge is 2.60. The number of nitrogens with zero attached hydrogens (tertiary/aromatic N) is 3. The van der Waals surface area contributed by atoms with Crippen LogP contribution in [0, 0.1) is 6.92 Å². The number of hydrogen-bond acceptors (Lipinski definition) is 4. The summed E-state index contributed by atoms with van der Waals surface area (Å²) in [6.45, 7) is 1.78. The summed E-state index contributed by atoms with van der Waals surface area (Å²) in [4.78, 5) is 15.1. The number of nitrogens with one attached hydrogen (secondary N) is 1. The van der Waals surface area contributed by atoms with Gasteiger partial charge >= 0.3 is 6.03 Å². The van der Waals surface area contributed by atoms with Crippen molar-refractivity contribution in [3.05, 3.63) is 40.6 Å². The first kappa shape index (κ1) is 17.0. The minimum atomic E-state index is -0.447. The zero-order valence-electron chi connectivity index (χ0n) is 15.4. The van der Waals surface area contributed by atoms with Crippen LogP contribution in [0.25, 0.3) is 0 Å². The first-order chi connectivity index (χ1) is 13.1. The second-order valence-electron chi connectivity index (χ2n) is 8.07. The predicted octanol–water partition coefficient (Wildman–Crippen LogP) is 4.98. The standard InChI is InChI=1S/C20H23ClN4O2/c1-12-23-24-18(27-12)20-9-3-6-15(11-20)25(20)19(26)22-14-7-8-17(21)16(10-14)13-4-2-5-13/h7-8,10,13,15H,2-6,9,11H2,1H3,(H,22,26)/t15-,20+/m1/s1. The lowest BCUT2D eigenvalue weighted by Gasteiger charge is -2.59. The van der Waals surface area contributed by atoms with Gasteiger partial charge in [-0.1, -0.05) is 18.0 Å². The van der Waals surface area contributed by atoms with E-state index in [4.69, 9.17) is 16.0 Å². The van der Waals surface area contributed by atoms with E-state index in [1.807, 2.05) is 23.1 Å². The predicted molar refractivity (Wildman–Crippen MR) is 102 cm³/mol. The van der Waals surface area contributed by atoms with Gasteiger partial charge in [0.1, 0.15) is 5.54 Å². The van der Waals surface area contributed by atoms with E-state index in [1.54, 1.807) is 6.92 Å². The van der Waals surface area contributed by atoms with Gasteiger partial charge in [-0.25, -0.2) is 4.79 Å². The molecule has 27 heavy (non-hydrogen) atoms. The van der Waals surface area contributed by atoms with Gasteiger partial charge in [-0.15, -0.1) is 10.2 Å². The van der Waals surface area contributed by atoms with Crippen LogP contribution in [-0.2, 0) is 5.54 Å². The molecule has 2 amide bonds. The third-order valence-electron chi connectivity index (χ3n) is 6.46. The second-order valence-corrected chi connectivity index (χ2v) is 8.48. The normalized spacial score (nSPS) is 27.0. The molecule has 0 spiro atoms. The maximum atomic E-state index is 13.1. The van der Waals surface area contributed by atoms with Crippen LogP contribution in [0.1, 0.15) is 68.2 Å². The number of benzene rings is 1. The van der Waals surface area contributed by atoms with Crippen LogP contribution >= 0.6 is 11.6 Å². The van der Waals surface area contributed by atoms with Crippen LogP contribution in [0.5, 0.6) is 0 Å². The number of amides is 2. The van der Waals surface area contributed by atoms with Crippen molar-refractivity contribution < 1.29 is 9.21 Å². The van der Waals surface area contributed by atoms with E-state index in [1.165, 1.54) is 19.3 Å². The van der Waals surface area contributed by atoms with E-state index in [-0.39, 0.29) is 12.1 Å². The van der Waals surface area contributed by atoms with Crippen molar-refractivity contribution in [2.45, 2.75) is 69.4 Å². The third kappa shape index (κ3) is 2.64. The summed E-state index contributed by atoms with van der Waals surface area (Å²) in [5.41, 5.74) is 1.50. The SMILES string of the molecule is Cc1nnc([C@]23CCC[C@H](C2)N3C(=O)Nc2ccc(Cl)c(C3CCC3)c2)o1. The second kappa shape index (κ2) is 6.23. The Labute approximate surface area is 163 Å². The van der Waals surface area contributed by atoms with Crippen LogP contribution in [0.2, 0.25) is 5.02 Å². The van der Waals surface area contributed by atoms with E-state index in [9.17, 15) is 4.79 Å². The number of aromatic nitrogens is 2. The molecule has 2 atom stereocenters. The molecular weight excluding hydrogens is 364 g/mol. The average Bonchev–Trinajstić information content (AvgIpc) is 3.03. The van der Waals surface area contributed by atoms with Gasteiger partial charge in [0.2, 0.25) is 11.8 Å². The molecule has 1 aromatic heterocycles. The summed E-state index contributed by atoms with van der Waals surface area (Å²) in [5.74, 6) is 1.62. The molecule has 1 saturated heterocycles. The van der Waals surface area contributed by atoms with E-state index in [0.29, 0.717) is 17.7 Å². The average molecular weight is 387 g/mol. The summed E-state index contributed by atoms with van der Waals surface area (Å²) in [7, 11) is 0. The molecule has 5 rings (SSSR count). The molecule has 0 radical (unpaired) electrons. The van der Waals surface area contributed by atoms with Crippen LogP contribution in [0.3, 0.4) is 0 Å². The fourth-order valence-electron chi connectivity index (χ4n) is 4.88. The number of halogens is 1. The molecule has 7 heteroatoms. The molecule has 3 fully saturated rings. The number of likely N-dealkylation sites (tertiary alicyclic amines) is 1. The number of fused-ring (bicyclic) bond motifs is 2. The van der Waals surface area contributed by atoms with Gasteiger partial charge in [-0.3, -0.25) is 0 Å². The van der Waals surface area contributed by atoms with E-state index < -0.39 is 5.54 Å². The van der Waals surface area contributed by atoms with Crippen LogP contribution < -0.4 is 5.32 Å². The summed E-state index contributed by atoms with van der Waals surface area (Å²) in [6, 6.07) is 5.94. The number of hydrogen-bond donors (Lipinski definition) is 1. The molecule has 142 valence electrons. The molecule has 3 aliphatic rings. The van der Waals surface area contributed by atoms with Gasteiger partial charge in [0.15, 0.2) is 0 Å². The first-order valence-electron chi connectivity index (χ1n) is 9.77. The Bertz CT molecular complexity index is 890. The monoisotopic (exact) mass is 386 g/mol. The van der Waals surface area contributed by atoms with Crippen molar-refractivity contribution in [3.8, 4) is 0 Å². The van der Waals surface area contributed by atoms with Crippen molar-refractivity contribution in [2.75, 3.05) is 5.32 Å². The Morgan fingerprint density at radius 3 is 2.81 bits per heavy atom. The lowest BCUT2D eigenvalue weighted by atomic mass is 9.68. The molecule has 2 saturated carbocycles. The number of urea groups is 1. The fourth-order valence-corrected chi connectivity index (χ4v) is 5.15. The van der Waals surface area contributed by atoms with Crippen molar-refractivity contribution >= 4 is 23.3 Å². The number of carbonyl (C=O) groups is 1. The van der Waals surface area contributed by atoms with Crippen molar-refractivity contribution in [1.29, 1.82) is 0 Å². The Hall–Kier alpha value is -2.08. The quantitative estimate of drug-likeness (QED) is 0.807. The Morgan fingerprint density at radius 2 is 2.15 bits per heavy atom. The number of aryl methyl sites for hydroxylation is 1. The number of anilines is 1. The summed E-state index contributed by atoms with van der Waals surface area (Å²) in [5, 5.41) is 12.1. The van der Waals surface area contributed by atoms with E-state index >= 15 is 0 Å². The Morgan fingerprint density at radius 1 is 1.30 bits per heavy atom. The van der Waals surface area contributed by atoms with Gasteiger partial charge in [-0.2, -0.15) is 0 Å². The molecule has 2 aliphatic carbocycles. The lowest BCUT2D eigenvalue weighted by Crippen LogP contribution is -2.69. The zero-order valence-corrected chi connectivity index (χ0v) is 16.1. The number of rotatable bonds is 3. The minimum Gasteiger partial charge on any atom is -0.423 e. The molecule has 6 nitrogen and oxygen atoms in total. The topological polar surface area (TPSA) is 71.3 Å². The minimum absolute atomic E-state index is 0.0938. The maximum Gasteiger partial charge on any atom is 0.322 e. The van der Waals surface area contributed by atoms with Gasteiger partial charge in [0.05, 0.1) is 0 Å². The number of carbonyl (C=O) groups excluding carboxylic acids is 1. The summed E-state index contributed by atoms with van der Waals surface area (Å²) >= 11 is 6.37. The first-order valence-corrected chi connectivity index (χ1v) is 10.1. The smallest absolute Gasteiger partial charge is 0.322 e. The van der Waals surface area contributed by atoms with E-state index in [0.717, 1.165) is 42.0 Å². The molecular formula is C20H23ClN4O2. The highest BCUT2D eigenvalue weighted by molar-refractivity contribution is 6.31. The van der Waals surface area contributed by atoms with Crippen LogP contribution in [-0.4, -0.2) is 27.2 Å². The fraction of sp³-hybridized carbons (Fsp3) is 0.550. The van der Waals surface area contributed by atoms with Gasteiger partial charge < -0.3 is 14.6 Å². The highest BCUT2D eigenvalue weighted by Crippen LogP contribution is 2.53. The summed E-state index contributed by atoms with van der Waals surface area (Å²) in [6.07, 6.45) is 7.45. The van der Waals surface area contributed by atoms with Crippen LogP contribution in [0.4, 0.5) is 10.5 Å². The largest absolute Gasteiger partial charge is 0.423 e. The maximum absolute atomic E-state index is 13.1. The molecule has 1 N–H and O–H groups in total. The van der Waals surface area contributed by atoms with E-state index in [2.05, 4.69) is 15.5 Å². The van der Waals surface area contributed by atoms with Crippen molar-refractivity contribution in [1.82, 2.24) is 15.1 Å². The Balaban J connectivity index is 1.39. The molecule has 2 aromatic rings. The highest BCUT2D eigenvalue weighted by atomic mass is 35.5. The molecule has 1 aliphatic heterocycles. The molecule has 0 unspecified atom stereocenters. The van der Waals surface area contributed by atoms with Gasteiger partial charge in [-0.05, 0) is 61.8 Å². The summed E-state index contributed by atoms with van der Waals surface area (Å²) < 4.78 is 5.72. The van der Waals surface area contributed by atoms with Gasteiger partial charge in [0, 0.05) is 30.1 Å². The van der Waals surface area contributed by atoms with Crippen LogP contribution in [0.15, 0.2) is 22.6 Å². The lowest BCUT2D eigenvalue weighted by molar-refractivity contribution is -0.0912. The molecule has 2 heterocycles. The van der Waals surface area contributed by atoms with Crippen molar-refractivity contribution in [2.24, 2.45) is 0 Å². The molecule has 1 aromatic carbocycles. The zero-order chi connectivity index (χ0) is 18.6. The van der Waals surface area contributed by atoms with Gasteiger partial charge in [0.25, 0.3) is 0 Å². The van der Waals surface area contributed by atoms with Crippen molar-refractivity contribution in [3.63, 3.8) is 0 Å². The number of piperidine rings is 1. The molecule has 2 bridgehead atoms.